The molecule has 0 saturated carbocycles. The Balaban J connectivity index is 1.87. The topological polar surface area (TPSA) is 64.6 Å². The summed E-state index contributed by atoms with van der Waals surface area (Å²) in [5, 5.41) is 14.8. The molecule has 0 spiro atoms. The Morgan fingerprint density at radius 1 is 1.50 bits per heavy atom. The second-order valence-corrected chi connectivity index (χ2v) is 6.60. The maximum Gasteiger partial charge on any atom is 0.315 e. The number of aryl methyl sites for hydroxylation is 1. The van der Waals surface area contributed by atoms with E-state index in [0.717, 1.165) is 43.6 Å². The van der Waals surface area contributed by atoms with Crippen LogP contribution in [-0.2, 0) is 0 Å². The van der Waals surface area contributed by atoms with E-state index in [-0.39, 0.29) is 30.5 Å². The molecule has 2 unspecified atom stereocenters. The van der Waals surface area contributed by atoms with Crippen LogP contribution in [0.1, 0.15) is 38.2 Å². The Kier molecular flexibility index (Phi) is 6.85. The van der Waals surface area contributed by atoms with Crippen molar-refractivity contribution < 1.29 is 14.3 Å². The first-order chi connectivity index (χ1) is 11.5. The minimum atomic E-state index is -0.223. The molecule has 0 aromatic heterocycles. The van der Waals surface area contributed by atoms with Gasteiger partial charge in [-0.25, -0.2) is 9.18 Å². The maximum absolute atomic E-state index is 13.3. The van der Waals surface area contributed by atoms with Gasteiger partial charge in [-0.3, -0.25) is 0 Å². The van der Waals surface area contributed by atoms with Gasteiger partial charge in [0.2, 0.25) is 0 Å². The van der Waals surface area contributed by atoms with Crippen molar-refractivity contribution in [3.05, 3.63) is 29.6 Å². The number of anilines is 1. The summed E-state index contributed by atoms with van der Waals surface area (Å²) in [6, 6.07) is 4.79. The number of carbonyl (C=O) groups excluding carboxylic acids is 1. The van der Waals surface area contributed by atoms with Crippen LogP contribution in [0.5, 0.6) is 0 Å². The van der Waals surface area contributed by atoms with Gasteiger partial charge >= 0.3 is 6.03 Å². The van der Waals surface area contributed by atoms with Crippen LogP contribution in [0.25, 0.3) is 0 Å². The molecule has 2 atom stereocenters. The number of nitrogens with zero attached hydrogens (tertiary/aromatic N) is 1. The third-order valence-corrected chi connectivity index (χ3v) is 4.43. The number of rotatable bonds is 6. The Morgan fingerprint density at radius 2 is 2.29 bits per heavy atom. The summed E-state index contributed by atoms with van der Waals surface area (Å²) in [6.07, 6.45) is 3.37. The summed E-state index contributed by atoms with van der Waals surface area (Å²) in [6.45, 7) is 5.63. The van der Waals surface area contributed by atoms with Crippen molar-refractivity contribution in [2.24, 2.45) is 0 Å². The average molecular weight is 337 g/mol. The Morgan fingerprint density at radius 3 is 3.00 bits per heavy atom. The van der Waals surface area contributed by atoms with Crippen LogP contribution < -0.4 is 15.5 Å². The van der Waals surface area contributed by atoms with Crippen LogP contribution >= 0.6 is 0 Å². The molecular formula is C18H28FN3O2. The predicted octanol–water partition coefficient (Wildman–Crippen LogP) is 2.56. The van der Waals surface area contributed by atoms with Crippen molar-refractivity contribution in [2.75, 3.05) is 24.6 Å². The van der Waals surface area contributed by atoms with Gasteiger partial charge in [-0.05, 0) is 63.3 Å². The van der Waals surface area contributed by atoms with E-state index in [0.29, 0.717) is 6.42 Å². The Hall–Kier alpha value is -1.82. The molecule has 0 bridgehead atoms. The zero-order valence-corrected chi connectivity index (χ0v) is 14.5. The second kappa shape index (κ2) is 8.87. The molecule has 5 nitrogen and oxygen atoms in total. The van der Waals surface area contributed by atoms with Crippen molar-refractivity contribution >= 4 is 11.7 Å². The summed E-state index contributed by atoms with van der Waals surface area (Å²) < 4.78 is 13.3. The molecule has 2 amide bonds. The second-order valence-electron chi connectivity index (χ2n) is 6.60. The molecule has 0 radical (unpaired) electrons. The van der Waals surface area contributed by atoms with Crippen LogP contribution in [0.4, 0.5) is 14.9 Å². The van der Waals surface area contributed by atoms with Crippen molar-refractivity contribution in [2.45, 2.75) is 51.6 Å². The van der Waals surface area contributed by atoms with Crippen LogP contribution in [0.2, 0.25) is 0 Å². The summed E-state index contributed by atoms with van der Waals surface area (Å²) in [4.78, 5) is 14.3. The fraction of sp³-hybridized carbons (Fsp3) is 0.611. The molecular weight excluding hydrogens is 309 g/mol. The van der Waals surface area contributed by atoms with Gasteiger partial charge in [0.15, 0.2) is 0 Å². The first kappa shape index (κ1) is 18.5. The van der Waals surface area contributed by atoms with E-state index in [1.165, 1.54) is 6.07 Å². The largest absolute Gasteiger partial charge is 0.396 e. The molecule has 0 aliphatic carbocycles. The van der Waals surface area contributed by atoms with E-state index in [1.807, 2.05) is 19.9 Å². The SMILES string of the molecule is Cc1cc(F)ccc1N1CCCC(NC(=O)NC(C)CCCO)C1. The zero-order chi connectivity index (χ0) is 17.5. The molecule has 1 heterocycles. The number of urea groups is 1. The molecule has 1 aliphatic rings. The predicted molar refractivity (Wildman–Crippen MR) is 93.8 cm³/mol. The standard InChI is InChI=1S/C18H28FN3O2/c1-13-11-15(19)7-8-17(13)22-9-3-6-16(12-22)21-18(24)20-14(2)5-4-10-23/h7-8,11,14,16,23H,3-6,9-10,12H2,1-2H3,(H2,20,21,24). The lowest BCUT2D eigenvalue weighted by molar-refractivity contribution is 0.229. The lowest BCUT2D eigenvalue weighted by Crippen LogP contribution is -2.52. The van der Waals surface area contributed by atoms with Gasteiger partial charge in [0.05, 0.1) is 0 Å². The van der Waals surface area contributed by atoms with Crippen molar-refractivity contribution in [1.29, 1.82) is 0 Å². The van der Waals surface area contributed by atoms with Gasteiger partial charge in [0.25, 0.3) is 0 Å². The normalized spacial score (nSPS) is 19.0. The summed E-state index contributed by atoms with van der Waals surface area (Å²) in [5.74, 6) is -0.223. The highest BCUT2D eigenvalue weighted by molar-refractivity contribution is 5.74. The molecule has 6 heteroatoms. The Bertz CT molecular complexity index is 553. The number of amides is 2. The first-order valence-electron chi connectivity index (χ1n) is 8.68. The molecule has 1 aromatic carbocycles. The molecule has 1 aromatic rings. The number of halogens is 1. The molecule has 1 fully saturated rings. The number of hydrogen-bond acceptors (Lipinski definition) is 3. The molecule has 2 rings (SSSR count). The van der Waals surface area contributed by atoms with E-state index in [9.17, 15) is 9.18 Å². The minimum Gasteiger partial charge on any atom is -0.396 e. The molecule has 3 N–H and O–H groups in total. The highest BCUT2D eigenvalue weighted by Crippen LogP contribution is 2.24. The third kappa shape index (κ3) is 5.37. The Labute approximate surface area is 143 Å². The van der Waals surface area contributed by atoms with Crippen molar-refractivity contribution in [3.8, 4) is 0 Å². The van der Waals surface area contributed by atoms with Gasteiger partial charge in [-0.2, -0.15) is 0 Å². The number of carbonyl (C=O) groups is 1. The summed E-state index contributed by atoms with van der Waals surface area (Å²) in [7, 11) is 0. The van der Waals surface area contributed by atoms with Crippen LogP contribution in [-0.4, -0.2) is 42.9 Å². The minimum absolute atomic E-state index is 0.0381. The number of aliphatic hydroxyl groups is 1. The van der Waals surface area contributed by atoms with E-state index < -0.39 is 0 Å². The van der Waals surface area contributed by atoms with E-state index in [4.69, 9.17) is 5.11 Å². The fourth-order valence-electron chi connectivity index (χ4n) is 3.21. The molecule has 1 saturated heterocycles. The molecule has 134 valence electrons. The maximum atomic E-state index is 13.3. The first-order valence-corrected chi connectivity index (χ1v) is 8.68. The van der Waals surface area contributed by atoms with Gasteiger partial charge in [0.1, 0.15) is 5.82 Å². The van der Waals surface area contributed by atoms with E-state index in [2.05, 4.69) is 15.5 Å². The third-order valence-electron chi connectivity index (χ3n) is 4.43. The van der Waals surface area contributed by atoms with Gasteiger partial charge in [0, 0.05) is 37.5 Å². The van der Waals surface area contributed by atoms with Gasteiger partial charge in [-0.15, -0.1) is 0 Å². The highest BCUT2D eigenvalue weighted by atomic mass is 19.1. The number of aliphatic hydroxyl groups excluding tert-OH is 1. The fourth-order valence-corrected chi connectivity index (χ4v) is 3.21. The average Bonchev–Trinajstić information content (AvgIpc) is 2.53. The number of hydrogen-bond donors (Lipinski definition) is 3. The van der Waals surface area contributed by atoms with Crippen LogP contribution in [0.3, 0.4) is 0 Å². The van der Waals surface area contributed by atoms with Crippen LogP contribution in [0, 0.1) is 12.7 Å². The van der Waals surface area contributed by atoms with Gasteiger partial charge < -0.3 is 20.6 Å². The smallest absolute Gasteiger partial charge is 0.315 e. The van der Waals surface area contributed by atoms with Gasteiger partial charge in [-0.1, -0.05) is 0 Å². The summed E-state index contributed by atoms with van der Waals surface area (Å²) >= 11 is 0. The molecule has 24 heavy (non-hydrogen) atoms. The number of benzene rings is 1. The number of nitrogens with one attached hydrogen (secondary N) is 2. The van der Waals surface area contributed by atoms with E-state index >= 15 is 0 Å². The molecule has 1 aliphatic heterocycles. The van der Waals surface area contributed by atoms with Crippen molar-refractivity contribution in [1.82, 2.24) is 10.6 Å². The van der Waals surface area contributed by atoms with Crippen molar-refractivity contribution in [3.63, 3.8) is 0 Å². The summed E-state index contributed by atoms with van der Waals surface area (Å²) in [5.41, 5.74) is 1.94. The quantitative estimate of drug-likeness (QED) is 0.747. The monoisotopic (exact) mass is 337 g/mol. The lowest BCUT2D eigenvalue weighted by Gasteiger charge is -2.35. The van der Waals surface area contributed by atoms with Crippen LogP contribution in [0.15, 0.2) is 18.2 Å². The lowest BCUT2D eigenvalue weighted by atomic mass is 10.0. The number of piperidine rings is 1. The highest BCUT2D eigenvalue weighted by Gasteiger charge is 2.23. The van der Waals surface area contributed by atoms with E-state index in [1.54, 1.807) is 6.07 Å². The zero-order valence-electron chi connectivity index (χ0n) is 14.5.